The second-order valence-corrected chi connectivity index (χ2v) is 7.09. The van der Waals surface area contributed by atoms with Crippen LogP contribution in [0.5, 0.6) is 0 Å². The van der Waals surface area contributed by atoms with Gasteiger partial charge in [-0.3, -0.25) is 0 Å². The predicted molar refractivity (Wildman–Crippen MR) is 89.1 cm³/mol. The van der Waals surface area contributed by atoms with Crippen molar-refractivity contribution in [2.45, 2.75) is 32.8 Å². The number of hydrogen-bond donors (Lipinski definition) is 1. The first-order valence-electron chi connectivity index (χ1n) is 7.16. The monoisotopic (exact) mass is 365 g/mol. The van der Waals surface area contributed by atoms with Crippen LogP contribution >= 0.6 is 15.9 Å². The summed E-state index contributed by atoms with van der Waals surface area (Å²) in [7, 11) is 0. The van der Waals surface area contributed by atoms with Crippen LogP contribution in [0.1, 0.15) is 32.8 Å². The van der Waals surface area contributed by atoms with Crippen LogP contribution < -0.4 is 5.73 Å². The van der Waals surface area contributed by atoms with Gasteiger partial charge in [-0.15, -0.1) is 0 Å². The van der Waals surface area contributed by atoms with Gasteiger partial charge in [0.25, 0.3) is 0 Å². The van der Waals surface area contributed by atoms with E-state index in [0.717, 1.165) is 10.9 Å². The molecular weight excluding hydrogens is 346 g/mol. The van der Waals surface area contributed by atoms with E-state index in [1.54, 1.807) is 11.1 Å². The molecule has 0 bridgehead atoms. The van der Waals surface area contributed by atoms with Crippen molar-refractivity contribution in [2.24, 2.45) is 5.92 Å². The number of pyridine rings is 1. The number of aromatic nitrogens is 1. The zero-order valence-electron chi connectivity index (χ0n) is 13.0. The quantitative estimate of drug-likeness (QED) is 0.717. The van der Waals surface area contributed by atoms with E-state index < -0.39 is 5.60 Å². The normalized spacial score (nSPS) is 17.8. The number of anilines is 1. The number of nitrogens with zero attached hydrogens (tertiary/aromatic N) is 2. The average Bonchev–Trinajstić information content (AvgIpc) is 2.85. The molecule has 0 radical (unpaired) electrons. The van der Waals surface area contributed by atoms with Crippen molar-refractivity contribution in [3.05, 3.63) is 22.3 Å². The van der Waals surface area contributed by atoms with Gasteiger partial charge in [0.1, 0.15) is 11.4 Å². The van der Waals surface area contributed by atoms with Gasteiger partial charge in [-0.2, -0.15) is 0 Å². The summed E-state index contributed by atoms with van der Waals surface area (Å²) in [5, 5.41) is 0. The van der Waals surface area contributed by atoms with Crippen molar-refractivity contribution in [2.75, 3.05) is 18.8 Å². The Hall–Kier alpha value is -1.74. The SMILES string of the molecule is CC(C)(C)OC(=O)N1CCC(C#Cc2c(Br)ccnc2N)C1. The number of carbonyl (C=O) groups is 1. The molecule has 0 aliphatic carbocycles. The Morgan fingerprint density at radius 2 is 2.27 bits per heavy atom. The summed E-state index contributed by atoms with van der Waals surface area (Å²) < 4.78 is 6.20. The van der Waals surface area contributed by atoms with Gasteiger partial charge in [0, 0.05) is 29.7 Å². The van der Waals surface area contributed by atoms with Crippen LogP contribution in [0.4, 0.5) is 10.6 Å². The molecule has 22 heavy (non-hydrogen) atoms. The summed E-state index contributed by atoms with van der Waals surface area (Å²) in [5.74, 6) is 6.78. The maximum atomic E-state index is 12.0. The first kappa shape index (κ1) is 16.6. The zero-order chi connectivity index (χ0) is 16.3. The van der Waals surface area contributed by atoms with Crippen molar-refractivity contribution < 1.29 is 9.53 Å². The average molecular weight is 366 g/mol. The Morgan fingerprint density at radius 3 is 2.91 bits per heavy atom. The lowest BCUT2D eigenvalue weighted by Gasteiger charge is -2.24. The molecule has 118 valence electrons. The Kier molecular flexibility index (Phi) is 4.97. The number of rotatable bonds is 0. The number of amides is 1. The number of nitrogens with two attached hydrogens (primary N) is 1. The van der Waals surface area contributed by atoms with E-state index in [1.807, 2.05) is 26.8 Å². The molecule has 1 unspecified atom stereocenters. The lowest BCUT2D eigenvalue weighted by molar-refractivity contribution is 0.0291. The number of carbonyl (C=O) groups excluding carboxylic acids is 1. The minimum absolute atomic E-state index is 0.124. The molecule has 1 fully saturated rings. The van der Waals surface area contributed by atoms with Crippen LogP contribution in [0, 0.1) is 17.8 Å². The highest BCUT2D eigenvalue weighted by atomic mass is 79.9. The molecule has 2 N–H and O–H groups in total. The van der Waals surface area contributed by atoms with Crippen LogP contribution in [-0.4, -0.2) is 34.7 Å². The first-order valence-corrected chi connectivity index (χ1v) is 7.95. The molecule has 0 spiro atoms. The summed E-state index contributed by atoms with van der Waals surface area (Å²) in [6.45, 7) is 6.83. The number of nitrogen functional groups attached to an aromatic ring is 1. The third-order valence-electron chi connectivity index (χ3n) is 3.17. The maximum Gasteiger partial charge on any atom is 0.410 e. The van der Waals surface area contributed by atoms with E-state index in [2.05, 4.69) is 32.8 Å². The first-order chi connectivity index (χ1) is 10.3. The lowest BCUT2D eigenvalue weighted by atomic mass is 10.1. The van der Waals surface area contributed by atoms with Gasteiger partial charge in [-0.05, 0) is 49.2 Å². The molecule has 1 atom stereocenters. The van der Waals surface area contributed by atoms with E-state index in [9.17, 15) is 4.79 Å². The second-order valence-electron chi connectivity index (χ2n) is 6.23. The number of ether oxygens (including phenoxy) is 1. The Balaban J connectivity index is 2.01. The largest absolute Gasteiger partial charge is 0.444 e. The molecule has 1 aliphatic heterocycles. The molecule has 1 saturated heterocycles. The fourth-order valence-corrected chi connectivity index (χ4v) is 2.54. The maximum absolute atomic E-state index is 12.0. The third kappa shape index (κ3) is 4.38. The lowest BCUT2D eigenvalue weighted by Crippen LogP contribution is -2.35. The van der Waals surface area contributed by atoms with E-state index in [1.165, 1.54) is 0 Å². The molecular formula is C16H20BrN3O2. The molecule has 0 aromatic carbocycles. The Morgan fingerprint density at radius 1 is 1.55 bits per heavy atom. The zero-order valence-corrected chi connectivity index (χ0v) is 14.6. The fraction of sp³-hybridized carbons (Fsp3) is 0.500. The molecule has 2 rings (SSSR count). The van der Waals surface area contributed by atoms with Crippen molar-refractivity contribution in [1.29, 1.82) is 0 Å². The Bertz CT molecular complexity index is 608. The second kappa shape index (κ2) is 6.57. The van der Waals surface area contributed by atoms with Gasteiger partial charge in [0.15, 0.2) is 0 Å². The van der Waals surface area contributed by atoms with Crippen LogP contribution in [0.3, 0.4) is 0 Å². The summed E-state index contributed by atoms with van der Waals surface area (Å²) in [6.07, 6.45) is 2.19. The van der Waals surface area contributed by atoms with E-state index in [0.29, 0.717) is 24.5 Å². The van der Waals surface area contributed by atoms with Gasteiger partial charge >= 0.3 is 6.09 Å². The van der Waals surface area contributed by atoms with Gasteiger partial charge in [-0.1, -0.05) is 11.8 Å². The van der Waals surface area contributed by atoms with E-state index in [4.69, 9.17) is 10.5 Å². The van der Waals surface area contributed by atoms with Gasteiger partial charge in [-0.25, -0.2) is 9.78 Å². The molecule has 1 aromatic rings. The van der Waals surface area contributed by atoms with Crippen LogP contribution in [0.15, 0.2) is 16.7 Å². The summed E-state index contributed by atoms with van der Waals surface area (Å²) >= 11 is 3.42. The Labute approximate surface area is 139 Å². The van der Waals surface area contributed by atoms with Crippen LogP contribution in [0.2, 0.25) is 0 Å². The molecule has 6 heteroatoms. The van der Waals surface area contributed by atoms with E-state index in [-0.39, 0.29) is 12.0 Å². The highest BCUT2D eigenvalue weighted by Crippen LogP contribution is 2.21. The number of hydrogen-bond acceptors (Lipinski definition) is 4. The van der Waals surface area contributed by atoms with Crippen molar-refractivity contribution >= 4 is 27.8 Å². The van der Waals surface area contributed by atoms with Crippen molar-refractivity contribution in [1.82, 2.24) is 9.88 Å². The topological polar surface area (TPSA) is 68.5 Å². The van der Waals surface area contributed by atoms with Gasteiger partial charge in [0.2, 0.25) is 0 Å². The summed E-state index contributed by atoms with van der Waals surface area (Å²) in [6, 6.07) is 1.81. The summed E-state index contributed by atoms with van der Waals surface area (Å²) in [4.78, 5) is 17.7. The fourth-order valence-electron chi connectivity index (χ4n) is 2.12. The minimum Gasteiger partial charge on any atom is -0.444 e. The minimum atomic E-state index is -0.476. The molecule has 1 amide bonds. The van der Waals surface area contributed by atoms with Crippen LogP contribution in [0.25, 0.3) is 0 Å². The molecule has 1 aromatic heterocycles. The number of halogens is 1. The standard InChI is InChI=1S/C16H20BrN3O2/c1-16(2,3)22-15(21)20-9-7-11(10-20)4-5-12-13(17)6-8-19-14(12)18/h6,8,11H,7,9-10H2,1-3H3,(H2,18,19). The van der Waals surface area contributed by atoms with Crippen LogP contribution in [-0.2, 0) is 4.74 Å². The van der Waals surface area contributed by atoms with E-state index >= 15 is 0 Å². The smallest absolute Gasteiger partial charge is 0.410 e. The predicted octanol–water partition coefficient (Wildman–Crippen LogP) is 3.03. The number of likely N-dealkylation sites (tertiary alicyclic amines) is 1. The molecule has 0 saturated carbocycles. The van der Waals surface area contributed by atoms with Gasteiger partial charge in [0.05, 0.1) is 5.56 Å². The highest BCUT2D eigenvalue weighted by Gasteiger charge is 2.28. The molecule has 5 nitrogen and oxygen atoms in total. The van der Waals surface area contributed by atoms with Crippen molar-refractivity contribution in [3.63, 3.8) is 0 Å². The molecule has 1 aliphatic rings. The van der Waals surface area contributed by atoms with Crippen molar-refractivity contribution in [3.8, 4) is 11.8 Å². The van der Waals surface area contributed by atoms with Gasteiger partial charge < -0.3 is 15.4 Å². The third-order valence-corrected chi connectivity index (χ3v) is 3.83. The highest BCUT2D eigenvalue weighted by molar-refractivity contribution is 9.10. The summed E-state index contributed by atoms with van der Waals surface area (Å²) in [5.41, 5.74) is 6.04. The molecule has 2 heterocycles.